The fourth-order valence-corrected chi connectivity index (χ4v) is 2.24. The highest BCUT2D eigenvalue weighted by Crippen LogP contribution is 2.32. The summed E-state index contributed by atoms with van der Waals surface area (Å²) in [6.07, 6.45) is 0. The summed E-state index contributed by atoms with van der Waals surface area (Å²) in [6, 6.07) is 5.39. The van der Waals surface area contributed by atoms with Crippen molar-refractivity contribution in [1.29, 1.82) is 0 Å². The van der Waals surface area contributed by atoms with E-state index in [1.54, 1.807) is 19.1 Å². The van der Waals surface area contributed by atoms with E-state index in [1.807, 2.05) is 13.0 Å². The van der Waals surface area contributed by atoms with Crippen molar-refractivity contribution in [2.45, 2.75) is 13.8 Å². The highest BCUT2D eigenvalue weighted by Gasteiger charge is 2.21. The Morgan fingerprint density at radius 1 is 1.33 bits per heavy atom. The number of esters is 1. The van der Waals surface area contributed by atoms with E-state index in [-0.39, 0.29) is 30.1 Å². The Morgan fingerprint density at radius 2 is 2.08 bits per heavy atom. The fourth-order valence-electron chi connectivity index (χ4n) is 2.08. The van der Waals surface area contributed by atoms with E-state index in [9.17, 15) is 4.79 Å². The third-order valence-electron chi connectivity index (χ3n) is 3.19. The molecule has 0 amide bonds. The van der Waals surface area contributed by atoms with Crippen LogP contribution in [-0.4, -0.2) is 36.4 Å². The average Bonchev–Trinajstić information content (AvgIpc) is 2.56. The van der Waals surface area contributed by atoms with E-state index in [0.717, 1.165) is 5.56 Å². The summed E-state index contributed by atoms with van der Waals surface area (Å²) < 4.78 is 15.3. The fraction of sp³-hybridized carbons (Fsp3) is 0.312. The molecule has 2 rings (SSSR count). The van der Waals surface area contributed by atoms with Crippen LogP contribution < -0.4 is 10.5 Å². The molecular formula is C16H18ClN3O4. The van der Waals surface area contributed by atoms with Crippen molar-refractivity contribution in [2.75, 3.05) is 26.2 Å². The standard InChI is InChI=1S/C16H18ClN3O4/c1-4-23-15(21)14-12(18)13(19-16(17)20-14)11-7-10(24-8-22-3)6-5-9(11)2/h5-7H,4,8,18H2,1-3H3. The number of aryl methyl sites for hydroxylation is 1. The van der Waals surface area contributed by atoms with Gasteiger partial charge < -0.3 is 19.9 Å². The predicted molar refractivity (Wildman–Crippen MR) is 90.1 cm³/mol. The number of halogens is 1. The second-order valence-corrected chi connectivity index (χ2v) is 5.19. The van der Waals surface area contributed by atoms with Crippen LogP contribution in [0.4, 0.5) is 5.69 Å². The van der Waals surface area contributed by atoms with Crippen molar-refractivity contribution in [3.05, 3.63) is 34.7 Å². The van der Waals surface area contributed by atoms with Gasteiger partial charge in [0.2, 0.25) is 5.28 Å². The first-order valence-electron chi connectivity index (χ1n) is 7.20. The van der Waals surface area contributed by atoms with E-state index in [0.29, 0.717) is 17.0 Å². The number of ether oxygens (including phenoxy) is 3. The van der Waals surface area contributed by atoms with Crippen molar-refractivity contribution in [1.82, 2.24) is 9.97 Å². The van der Waals surface area contributed by atoms with Gasteiger partial charge in [-0.3, -0.25) is 0 Å². The van der Waals surface area contributed by atoms with Gasteiger partial charge in [-0.05, 0) is 43.1 Å². The number of carbonyl (C=O) groups is 1. The summed E-state index contributed by atoms with van der Waals surface area (Å²) in [6.45, 7) is 3.89. The number of methoxy groups -OCH3 is 1. The molecule has 0 aliphatic heterocycles. The minimum Gasteiger partial charge on any atom is -0.468 e. The maximum atomic E-state index is 12.0. The number of carbonyl (C=O) groups excluding carboxylic acids is 1. The number of nitrogens with two attached hydrogens (primary N) is 1. The summed E-state index contributed by atoms with van der Waals surface area (Å²) in [4.78, 5) is 20.0. The molecule has 1 aromatic carbocycles. The van der Waals surface area contributed by atoms with E-state index in [4.69, 9.17) is 31.5 Å². The predicted octanol–water partition coefficient (Wildman–Crippen LogP) is 2.85. The molecule has 0 aliphatic carbocycles. The van der Waals surface area contributed by atoms with Crippen molar-refractivity contribution in [3.8, 4) is 17.0 Å². The smallest absolute Gasteiger partial charge is 0.359 e. The zero-order chi connectivity index (χ0) is 17.7. The van der Waals surface area contributed by atoms with Gasteiger partial charge in [0.1, 0.15) is 5.75 Å². The van der Waals surface area contributed by atoms with Crippen LogP contribution in [0.1, 0.15) is 23.0 Å². The van der Waals surface area contributed by atoms with E-state index in [2.05, 4.69) is 9.97 Å². The highest BCUT2D eigenvalue weighted by molar-refractivity contribution is 6.28. The van der Waals surface area contributed by atoms with Gasteiger partial charge in [-0.2, -0.15) is 0 Å². The van der Waals surface area contributed by atoms with Crippen LogP contribution in [-0.2, 0) is 9.47 Å². The molecule has 0 saturated heterocycles. The van der Waals surface area contributed by atoms with Crippen molar-refractivity contribution in [3.63, 3.8) is 0 Å². The third kappa shape index (κ3) is 3.93. The van der Waals surface area contributed by atoms with Gasteiger partial charge >= 0.3 is 5.97 Å². The molecule has 128 valence electrons. The number of nitrogen functional groups attached to an aromatic ring is 1. The van der Waals surface area contributed by atoms with Crippen LogP contribution in [0, 0.1) is 6.92 Å². The molecular weight excluding hydrogens is 334 g/mol. The Bertz CT molecular complexity index is 752. The molecule has 2 N–H and O–H groups in total. The molecule has 0 radical (unpaired) electrons. The van der Waals surface area contributed by atoms with E-state index >= 15 is 0 Å². The number of nitrogens with zero attached hydrogens (tertiary/aromatic N) is 2. The first kappa shape index (κ1) is 18.0. The molecule has 8 heteroatoms. The van der Waals surface area contributed by atoms with Crippen LogP contribution >= 0.6 is 11.6 Å². The lowest BCUT2D eigenvalue weighted by Gasteiger charge is -2.13. The van der Waals surface area contributed by atoms with Gasteiger partial charge in [0, 0.05) is 12.7 Å². The van der Waals surface area contributed by atoms with Gasteiger partial charge in [-0.15, -0.1) is 0 Å². The first-order chi connectivity index (χ1) is 11.5. The number of anilines is 1. The number of rotatable bonds is 6. The molecule has 0 saturated carbocycles. The molecule has 2 aromatic rings. The lowest BCUT2D eigenvalue weighted by Crippen LogP contribution is -2.13. The Hall–Kier alpha value is -2.38. The average molecular weight is 352 g/mol. The van der Waals surface area contributed by atoms with Crippen molar-refractivity contribution < 1.29 is 19.0 Å². The second-order valence-electron chi connectivity index (χ2n) is 4.85. The number of hydrogen-bond donors (Lipinski definition) is 1. The van der Waals surface area contributed by atoms with Crippen LogP contribution in [0.3, 0.4) is 0 Å². The Morgan fingerprint density at radius 3 is 2.75 bits per heavy atom. The molecule has 0 bridgehead atoms. The molecule has 7 nitrogen and oxygen atoms in total. The summed E-state index contributed by atoms with van der Waals surface area (Å²) >= 11 is 5.96. The second kappa shape index (κ2) is 7.94. The van der Waals surface area contributed by atoms with Gasteiger partial charge in [0.05, 0.1) is 18.0 Å². The first-order valence-corrected chi connectivity index (χ1v) is 7.58. The summed E-state index contributed by atoms with van der Waals surface area (Å²) in [5.74, 6) is -0.0748. The Labute approximate surface area is 144 Å². The summed E-state index contributed by atoms with van der Waals surface area (Å²) in [5.41, 5.74) is 8.03. The largest absolute Gasteiger partial charge is 0.468 e. The maximum absolute atomic E-state index is 12.0. The van der Waals surface area contributed by atoms with E-state index in [1.165, 1.54) is 7.11 Å². The van der Waals surface area contributed by atoms with Crippen LogP contribution in [0.15, 0.2) is 18.2 Å². The molecule has 0 unspecified atom stereocenters. The molecule has 0 aliphatic rings. The zero-order valence-electron chi connectivity index (χ0n) is 13.6. The van der Waals surface area contributed by atoms with Crippen molar-refractivity contribution in [2.24, 2.45) is 0 Å². The Kier molecular flexibility index (Phi) is 5.94. The number of benzene rings is 1. The molecule has 0 fully saturated rings. The normalized spacial score (nSPS) is 10.5. The molecule has 0 spiro atoms. The van der Waals surface area contributed by atoms with Crippen LogP contribution in [0.25, 0.3) is 11.3 Å². The molecule has 1 aromatic heterocycles. The van der Waals surface area contributed by atoms with Crippen molar-refractivity contribution >= 4 is 23.3 Å². The van der Waals surface area contributed by atoms with Gasteiger partial charge in [-0.1, -0.05) is 6.07 Å². The molecule has 0 atom stereocenters. The Balaban J connectivity index is 2.54. The quantitative estimate of drug-likeness (QED) is 0.485. The maximum Gasteiger partial charge on any atom is 0.359 e. The van der Waals surface area contributed by atoms with Crippen LogP contribution in [0.5, 0.6) is 5.75 Å². The minimum atomic E-state index is -0.648. The number of hydrogen-bond acceptors (Lipinski definition) is 7. The topological polar surface area (TPSA) is 96.6 Å². The van der Waals surface area contributed by atoms with Gasteiger partial charge in [-0.25, -0.2) is 14.8 Å². The zero-order valence-corrected chi connectivity index (χ0v) is 14.4. The molecule has 24 heavy (non-hydrogen) atoms. The molecule has 1 heterocycles. The lowest BCUT2D eigenvalue weighted by atomic mass is 10.0. The monoisotopic (exact) mass is 351 g/mol. The summed E-state index contributed by atoms with van der Waals surface area (Å²) in [7, 11) is 1.53. The van der Waals surface area contributed by atoms with E-state index < -0.39 is 5.97 Å². The lowest BCUT2D eigenvalue weighted by molar-refractivity contribution is 0.0510. The van der Waals surface area contributed by atoms with Crippen LogP contribution in [0.2, 0.25) is 5.28 Å². The third-order valence-corrected chi connectivity index (χ3v) is 3.36. The summed E-state index contributed by atoms with van der Waals surface area (Å²) in [5, 5.41) is -0.0927. The van der Waals surface area contributed by atoms with Gasteiger partial charge in [0.25, 0.3) is 0 Å². The van der Waals surface area contributed by atoms with Gasteiger partial charge in [0.15, 0.2) is 12.5 Å². The highest BCUT2D eigenvalue weighted by atomic mass is 35.5. The number of aromatic nitrogens is 2. The minimum absolute atomic E-state index is 0.0607. The SMILES string of the molecule is CCOC(=O)c1nc(Cl)nc(-c2cc(OCOC)ccc2C)c1N.